The molecule has 2 atom stereocenters. The van der Waals surface area contributed by atoms with Gasteiger partial charge in [-0.2, -0.15) is 0 Å². The van der Waals surface area contributed by atoms with Crippen molar-refractivity contribution >= 4 is 0 Å². The lowest BCUT2D eigenvalue weighted by Gasteiger charge is -2.36. The van der Waals surface area contributed by atoms with Gasteiger partial charge in [-0.1, -0.05) is 37.3 Å². The zero-order valence-electron chi connectivity index (χ0n) is 12.5. The topological polar surface area (TPSA) is 18.5 Å². The van der Waals surface area contributed by atoms with Gasteiger partial charge in [0.25, 0.3) is 0 Å². The van der Waals surface area contributed by atoms with Crippen LogP contribution in [-0.4, -0.2) is 56.6 Å². The normalized spacial score (nSPS) is 21.2. The number of hydrogen-bond acceptors (Lipinski definition) is 3. The molecule has 1 fully saturated rings. The van der Waals surface area contributed by atoms with E-state index in [-0.39, 0.29) is 0 Å². The second-order valence-corrected chi connectivity index (χ2v) is 5.76. The zero-order chi connectivity index (χ0) is 13.7. The van der Waals surface area contributed by atoms with E-state index in [1.807, 2.05) is 0 Å². The lowest BCUT2D eigenvalue weighted by molar-refractivity contribution is 0.130. The number of likely N-dealkylation sites (N-methyl/N-ethyl adjacent to an activating group) is 1. The van der Waals surface area contributed by atoms with Crippen molar-refractivity contribution in [2.45, 2.75) is 13.0 Å². The van der Waals surface area contributed by atoms with Gasteiger partial charge >= 0.3 is 0 Å². The predicted octanol–water partition coefficient (Wildman–Crippen LogP) is 1.83. The molecular weight excluding hydrogens is 234 g/mol. The van der Waals surface area contributed by atoms with Gasteiger partial charge in [0.15, 0.2) is 0 Å². The number of piperazine rings is 1. The molecule has 1 aromatic carbocycles. The maximum absolute atomic E-state index is 3.48. The SMILES string of the molecule is CNC(c1ccccc1)C(C)CN1CCN(C)CC1. The standard InChI is InChI=1S/C16H27N3/c1-14(13-19-11-9-18(3)10-12-19)16(17-2)15-7-5-4-6-8-15/h4-8,14,16-17H,9-13H2,1-3H3. The fraction of sp³-hybridized carbons (Fsp3) is 0.625. The highest BCUT2D eigenvalue weighted by Gasteiger charge is 2.22. The Labute approximate surface area is 117 Å². The van der Waals surface area contributed by atoms with Crippen LogP contribution in [0.2, 0.25) is 0 Å². The molecule has 1 saturated heterocycles. The molecule has 106 valence electrons. The van der Waals surface area contributed by atoms with E-state index in [1.54, 1.807) is 0 Å². The van der Waals surface area contributed by atoms with E-state index in [0.717, 1.165) is 0 Å². The summed E-state index contributed by atoms with van der Waals surface area (Å²) >= 11 is 0. The monoisotopic (exact) mass is 261 g/mol. The van der Waals surface area contributed by atoms with Gasteiger partial charge < -0.3 is 15.1 Å². The summed E-state index contributed by atoms with van der Waals surface area (Å²) in [5.74, 6) is 0.621. The molecular formula is C16H27N3. The van der Waals surface area contributed by atoms with E-state index in [1.165, 1.54) is 38.3 Å². The fourth-order valence-electron chi connectivity index (χ4n) is 2.98. The Morgan fingerprint density at radius 3 is 2.32 bits per heavy atom. The molecule has 0 aliphatic carbocycles. The van der Waals surface area contributed by atoms with Crippen LogP contribution < -0.4 is 5.32 Å². The summed E-state index contributed by atoms with van der Waals surface area (Å²) in [6, 6.07) is 11.2. The Morgan fingerprint density at radius 1 is 1.11 bits per heavy atom. The summed E-state index contributed by atoms with van der Waals surface area (Å²) in [6.07, 6.45) is 0. The molecule has 0 saturated carbocycles. The van der Waals surface area contributed by atoms with Crippen LogP contribution >= 0.6 is 0 Å². The molecule has 0 aromatic heterocycles. The van der Waals surface area contributed by atoms with Crippen molar-refractivity contribution in [3.8, 4) is 0 Å². The number of nitrogens with zero attached hydrogens (tertiary/aromatic N) is 2. The van der Waals surface area contributed by atoms with Crippen molar-refractivity contribution in [3.63, 3.8) is 0 Å². The minimum atomic E-state index is 0.445. The lowest BCUT2D eigenvalue weighted by atomic mass is 9.94. The predicted molar refractivity (Wildman–Crippen MR) is 81.3 cm³/mol. The highest BCUT2D eigenvalue weighted by Crippen LogP contribution is 2.22. The smallest absolute Gasteiger partial charge is 0.0355 e. The molecule has 2 rings (SSSR count). The summed E-state index contributed by atoms with van der Waals surface area (Å²) in [4.78, 5) is 5.01. The van der Waals surface area contributed by atoms with Crippen molar-refractivity contribution < 1.29 is 0 Å². The molecule has 0 radical (unpaired) electrons. The second-order valence-electron chi connectivity index (χ2n) is 5.76. The van der Waals surface area contributed by atoms with E-state index >= 15 is 0 Å². The van der Waals surface area contributed by atoms with Gasteiger partial charge in [0.2, 0.25) is 0 Å². The third-order valence-corrected chi connectivity index (χ3v) is 4.18. The van der Waals surface area contributed by atoms with Gasteiger partial charge in [-0.25, -0.2) is 0 Å². The van der Waals surface area contributed by atoms with Gasteiger partial charge in [-0.05, 0) is 25.6 Å². The summed E-state index contributed by atoms with van der Waals surface area (Å²) < 4.78 is 0. The molecule has 1 aliphatic rings. The summed E-state index contributed by atoms with van der Waals surface area (Å²) in [5, 5.41) is 3.48. The molecule has 0 amide bonds. The highest BCUT2D eigenvalue weighted by molar-refractivity contribution is 5.19. The molecule has 1 aliphatic heterocycles. The van der Waals surface area contributed by atoms with E-state index < -0.39 is 0 Å². The minimum Gasteiger partial charge on any atom is -0.313 e. The zero-order valence-corrected chi connectivity index (χ0v) is 12.5. The van der Waals surface area contributed by atoms with Crippen LogP contribution in [0, 0.1) is 5.92 Å². The van der Waals surface area contributed by atoms with Crippen LogP contribution in [0.15, 0.2) is 30.3 Å². The maximum atomic E-state index is 3.48. The first-order chi connectivity index (χ1) is 9.20. The largest absolute Gasteiger partial charge is 0.313 e. The molecule has 1 heterocycles. The van der Waals surface area contributed by atoms with Gasteiger partial charge in [-0.15, -0.1) is 0 Å². The van der Waals surface area contributed by atoms with Crippen molar-refractivity contribution in [2.24, 2.45) is 5.92 Å². The van der Waals surface area contributed by atoms with Gasteiger partial charge in [-0.3, -0.25) is 0 Å². The first-order valence-electron chi connectivity index (χ1n) is 7.34. The molecule has 2 unspecified atom stereocenters. The third kappa shape index (κ3) is 4.03. The number of nitrogens with one attached hydrogen (secondary N) is 1. The average molecular weight is 261 g/mol. The molecule has 1 aromatic rings. The van der Waals surface area contributed by atoms with Gasteiger partial charge in [0.05, 0.1) is 0 Å². The fourth-order valence-corrected chi connectivity index (χ4v) is 2.98. The first-order valence-corrected chi connectivity index (χ1v) is 7.34. The third-order valence-electron chi connectivity index (χ3n) is 4.18. The summed E-state index contributed by atoms with van der Waals surface area (Å²) in [5.41, 5.74) is 1.40. The second kappa shape index (κ2) is 7.04. The van der Waals surface area contributed by atoms with E-state index in [0.29, 0.717) is 12.0 Å². The Balaban J connectivity index is 1.92. The Bertz CT molecular complexity index is 358. The number of rotatable bonds is 5. The summed E-state index contributed by atoms with van der Waals surface area (Å²) in [7, 11) is 4.28. The van der Waals surface area contributed by atoms with Crippen LogP contribution in [0.5, 0.6) is 0 Å². The van der Waals surface area contributed by atoms with Crippen LogP contribution in [0.4, 0.5) is 0 Å². The molecule has 19 heavy (non-hydrogen) atoms. The van der Waals surface area contributed by atoms with E-state index in [4.69, 9.17) is 0 Å². The van der Waals surface area contributed by atoms with Gasteiger partial charge in [0, 0.05) is 38.8 Å². The Morgan fingerprint density at radius 2 is 1.74 bits per heavy atom. The molecule has 1 N–H and O–H groups in total. The molecule has 3 nitrogen and oxygen atoms in total. The quantitative estimate of drug-likeness (QED) is 0.872. The minimum absolute atomic E-state index is 0.445. The summed E-state index contributed by atoms with van der Waals surface area (Å²) in [6.45, 7) is 8.32. The van der Waals surface area contributed by atoms with E-state index in [2.05, 4.69) is 66.5 Å². The van der Waals surface area contributed by atoms with Gasteiger partial charge in [0.1, 0.15) is 0 Å². The van der Waals surface area contributed by atoms with E-state index in [9.17, 15) is 0 Å². The van der Waals surface area contributed by atoms with Crippen molar-refractivity contribution in [3.05, 3.63) is 35.9 Å². The molecule has 0 spiro atoms. The van der Waals surface area contributed by atoms with Crippen molar-refractivity contribution in [1.29, 1.82) is 0 Å². The van der Waals surface area contributed by atoms with Crippen LogP contribution in [0.1, 0.15) is 18.5 Å². The molecule has 3 heteroatoms. The average Bonchev–Trinajstić information content (AvgIpc) is 2.43. The Kier molecular flexibility index (Phi) is 5.37. The highest BCUT2D eigenvalue weighted by atomic mass is 15.2. The maximum Gasteiger partial charge on any atom is 0.0355 e. The van der Waals surface area contributed by atoms with Crippen molar-refractivity contribution in [2.75, 3.05) is 46.8 Å². The Hall–Kier alpha value is -0.900. The van der Waals surface area contributed by atoms with Crippen LogP contribution in [0.3, 0.4) is 0 Å². The number of benzene rings is 1. The van der Waals surface area contributed by atoms with Crippen molar-refractivity contribution in [1.82, 2.24) is 15.1 Å². The number of hydrogen-bond donors (Lipinski definition) is 1. The van der Waals surface area contributed by atoms with Crippen LogP contribution in [0.25, 0.3) is 0 Å². The first kappa shape index (κ1) is 14.5. The van der Waals surface area contributed by atoms with Crippen LogP contribution in [-0.2, 0) is 0 Å². The lowest BCUT2D eigenvalue weighted by Crippen LogP contribution is -2.47. The molecule has 0 bridgehead atoms.